The van der Waals surface area contributed by atoms with Gasteiger partial charge in [0.05, 0.1) is 0 Å². The van der Waals surface area contributed by atoms with Gasteiger partial charge < -0.3 is 39.7 Å². The lowest BCUT2D eigenvalue weighted by Crippen LogP contribution is -2.18. The molecule has 9 rings (SSSR count). The van der Waals surface area contributed by atoms with Gasteiger partial charge in [0, 0.05) is 88.1 Å². The molecular weight excluding hydrogens is 1420 g/mol. The third-order valence-corrected chi connectivity index (χ3v) is 20.7. The van der Waals surface area contributed by atoms with Crippen molar-refractivity contribution in [1.29, 1.82) is 0 Å². The molecule has 8 aromatic rings. The van der Waals surface area contributed by atoms with E-state index in [0.717, 1.165) is 0 Å². The van der Waals surface area contributed by atoms with E-state index in [2.05, 4.69) is 63.7 Å². The fourth-order valence-corrected chi connectivity index (χ4v) is 14.9. The highest BCUT2D eigenvalue weighted by Crippen LogP contribution is 2.44. The average molecular weight is 1470 g/mol. The molecule has 0 radical (unpaired) electrons. The molecule has 440 valence electrons. The van der Waals surface area contributed by atoms with Gasteiger partial charge in [-0.05, 0) is 171 Å². The first kappa shape index (κ1) is 63.0. The molecule has 0 saturated heterocycles. The molecule has 24 heteroatoms. The summed E-state index contributed by atoms with van der Waals surface area (Å²) in [6, 6.07) is 37.2. The second kappa shape index (κ2) is 26.6. The van der Waals surface area contributed by atoms with Gasteiger partial charge in [0.15, 0.2) is 0 Å². The molecule has 8 bridgehead atoms. The Balaban J connectivity index is 1.42. The lowest BCUT2D eigenvalue weighted by Gasteiger charge is -2.24. The Morgan fingerprint density at radius 1 is 0.286 bits per heavy atom. The number of hydrogen-bond acceptors (Lipinski definition) is 16. The molecule has 0 heterocycles. The van der Waals surface area contributed by atoms with E-state index in [-0.39, 0.29) is 165 Å². The van der Waals surface area contributed by atoms with Crippen LogP contribution in [-0.4, -0.2) is 59.9 Å². The summed E-state index contributed by atoms with van der Waals surface area (Å²) < 4.78 is 146. The smallest absolute Gasteiger partial charge is 0.339 e. The van der Waals surface area contributed by atoms with Gasteiger partial charge in [-0.1, -0.05) is 112 Å². The van der Waals surface area contributed by atoms with Gasteiger partial charge in [-0.2, -0.15) is 33.7 Å². The zero-order valence-corrected chi connectivity index (χ0v) is 54.3. The van der Waals surface area contributed by atoms with Crippen molar-refractivity contribution < 1.29 is 50.4 Å². The Morgan fingerprint density at radius 3 is 0.583 bits per heavy atom. The second-order valence-corrected chi connectivity index (χ2v) is 29.6. The Hall–Kier alpha value is -5.48. The summed E-state index contributed by atoms with van der Waals surface area (Å²) in [5.41, 5.74) is 29.5. The van der Waals surface area contributed by atoms with Crippen LogP contribution in [0, 0.1) is 0 Å². The Bertz CT molecular complexity index is 3600. The Labute approximate surface area is 523 Å². The van der Waals surface area contributed by atoms with Gasteiger partial charge >= 0.3 is 40.5 Å². The van der Waals surface area contributed by atoms with E-state index in [4.69, 9.17) is 39.7 Å². The summed E-state index contributed by atoms with van der Waals surface area (Å²) in [5, 5.41) is 0. The predicted molar refractivity (Wildman–Crippen MR) is 336 cm³/mol. The largest absolute Gasteiger partial charge is 0.378 e. The van der Waals surface area contributed by atoms with Crippen molar-refractivity contribution in [2.45, 2.75) is 70.9 Å². The normalized spacial score (nSPS) is 12.9. The fraction of sp³-hybridized carbons (Fsp3) is 0.200. The third kappa shape index (κ3) is 15.0. The predicted octanol–water partition coefficient (Wildman–Crippen LogP) is 10.5. The molecular formula is C60H56Br4N4O12S4. The van der Waals surface area contributed by atoms with Crippen molar-refractivity contribution >= 4 is 104 Å². The van der Waals surface area contributed by atoms with Crippen molar-refractivity contribution in [3.63, 3.8) is 0 Å². The van der Waals surface area contributed by atoms with Crippen LogP contribution in [0.25, 0.3) is 0 Å². The van der Waals surface area contributed by atoms with Gasteiger partial charge in [-0.3, -0.25) is 0 Å². The van der Waals surface area contributed by atoms with Crippen molar-refractivity contribution in [2.75, 3.05) is 26.2 Å². The summed E-state index contributed by atoms with van der Waals surface area (Å²) in [7, 11) is -18.8. The van der Waals surface area contributed by atoms with Crippen LogP contribution in [0.5, 0.6) is 23.0 Å². The molecule has 0 saturated carbocycles. The SMILES string of the molecule is NCCc1cc2c(OS(=O)(=O)c3ccc(Br)cc3)c(c1)Cc1cc(CCN)cc(c1OS(=O)(=O)c1ccc(Br)cc1)Cc1cc(CCN)cc(c1OS(=O)(=O)c1ccc(Br)cc1)Cc1cc(CCN)cc(c1OS(=O)(=O)c1ccc(Br)cc1)C2. The lowest BCUT2D eigenvalue weighted by molar-refractivity contribution is 0.477. The zero-order valence-electron chi connectivity index (χ0n) is 44.7. The van der Waals surface area contributed by atoms with E-state index in [1.165, 1.54) is 48.5 Å². The number of rotatable bonds is 20. The van der Waals surface area contributed by atoms with Crippen molar-refractivity contribution in [1.82, 2.24) is 0 Å². The van der Waals surface area contributed by atoms with Crippen LogP contribution in [0.4, 0.5) is 0 Å². The molecule has 0 fully saturated rings. The summed E-state index contributed by atoms with van der Waals surface area (Å²) in [6.07, 6.45) is 0.0465. The molecule has 0 spiro atoms. The first-order valence-electron chi connectivity index (χ1n) is 26.2. The van der Waals surface area contributed by atoms with Crippen LogP contribution < -0.4 is 39.7 Å². The quantitative estimate of drug-likeness (QED) is 0.0516. The number of hydrogen-bond donors (Lipinski definition) is 4. The molecule has 1 aliphatic carbocycles. The molecule has 8 N–H and O–H groups in total. The maximum absolute atomic E-state index is 14.8. The lowest BCUT2D eigenvalue weighted by atomic mass is 9.87. The maximum Gasteiger partial charge on any atom is 0.339 e. The van der Waals surface area contributed by atoms with Crippen LogP contribution >= 0.6 is 63.7 Å². The summed E-state index contributed by atoms with van der Waals surface area (Å²) in [5.74, 6) is -0.625. The minimum Gasteiger partial charge on any atom is -0.378 e. The summed E-state index contributed by atoms with van der Waals surface area (Å²) >= 11 is 13.5. The number of halogens is 4. The van der Waals surface area contributed by atoms with Crippen LogP contribution in [0.15, 0.2) is 183 Å². The van der Waals surface area contributed by atoms with Gasteiger partial charge in [0.1, 0.15) is 42.6 Å². The van der Waals surface area contributed by atoms with E-state index in [9.17, 15) is 33.7 Å². The van der Waals surface area contributed by atoms with Crippen LogP contribution in [0.3, 0.4) is 0 Å². The minimum absolute atomic E-state index is 0.147. The first-order valence-corrected chi connectivity index (χ1v) is 35.0. The molecule has 0 aromatic heterocycles. The number of nitrogens with two attached hydrogens (primary N) is 4. The summed E-state index contributed by atoms with van der Waals surface area (Å²) in [6.45, 7) is 0.587. The van der Waals surface area contributed by atoms with Crippen LogP contribution in [-0.2, 0) is 91.8 Å². The molecule has 8 aromatic carbocycles. The first-order chi connectivity index (χ1) is 40.0. The molecule has 0 unspecified atom stereocenters. The molecule has 1 aliphatic rings. The van der Waals surface area contributed by atoms with Crippen molar-refractivity contribution in [3.8, 4) is 23.0 Å². The highest BCUT2D eigenvalue weighted by atomic mass is 79.9. The Kier molecular flexibility index (Phi) is 20.0. The molecule has 0 aliphatic heterocycles. The second-order valence-electron chi connectivity index (χ2n) is 19.8. The maximum atomic E-state index is 14.8. The van der Waals surface area contributed by atoms with Gasteiger partial charge in [-0.15, -0.1) is 0 Å². The standard InChI is InChI=1S/C60H56Br4N4O12S4/c61-49-1-9-53(10-2-49)81(69,70)77-57-41-25-37(17-21-65)26-42(57)34-44-28-39(19-23-67)30-46(59(44)79-83(73,74)55-13-5-51(63)6-14-55)36-48-32-40(20-24-68)31-47(60(48)80-84(75,76)56-15-7-52(64)8-16-56)35-45-29-38(18-22-66)27-43(33-41)58(45)78-82(71,72)54-11-3-50(62)4-12-54/h1-16,25-32H,17-24,33-36,65-68H2. The molecule has 84 heavy (non-hydrogen) atoms. The minimum atomic E-state index is -4.69. The van der Waals surface area contributed by atoms with E-state index >= 15 is 0 Å². The number of benzene rings is 8. The van der Waals surface area contributed by atoms with E-state index < -0.39 is 40.5 Å². The highest BCUT2D eigenvalue weighted by molar-refractivity contribution is 9.11. The van der Waals surface area contributed by atoms with Gasteiger partial charge in [-0.25, -0.2) is 0 Å². The van der Waals surface area contributed by atoms with Crippen LogP contribution in [0.2, 0.25) is 0 Å². The summed E-state index contributed by atoms with van der Waals surface area (Å²) in [4.78, 5) is -0.779. The average Bonchev–Trinajstić information content (AvgIpc) is 2.69. The number of fused-ring (bicyclic) bond motifs is 8. The highest BCUT2D eigenvalue weighted by Gasteiger charge is 2.32. The van der Waals surface area contributed by atoms with Crippen molar-refractivity contribution in [2.24, 2.45) is 22.9 Å². The molecule has 0 atom stereocenters. The van der Waals surface area contributed by atoms with Gasteiger partial charge in [0.2, 0.25) is 0 Å². The monoisotopic (exact) mass is 1470 g/mol. The molecule has 16 nitrogen and oxygen atoms in total. The topological polar surface area (TPSA) is 278 Å². The van der Waals surface area contributed by atoms with Crippen LogP contribution in [0.1, 0.15) is 66.8 Å². The fourth-order valence-electron chi connectivity index (χ4n) is 9.89. The molecule has 0 amide bonds. The van der Waals surface area contributed by atoms with E-state index in [1.807, 2.05) is 0 Å². The van der Waals surface area contributed by atoms with Crippen molar-refractivity contribution in [3.05, 3.63) is 230 Å². The third-order valence-electron chi connectivity index (χ3n) is 13.6. The van der Waals surface area contributed by atoms with E-state index in [1.54, 1.807) is 97.1 Å². The zero-order chi connectivity index (χ0) is 60.1. The van der Waals surface area contributed by atoms with Gasteiger partial charge in [0.25, 0.3) is 0 Å². The van der Waals surface area contributed by atoms with E-state index in [0.29, 0.717) is 40.1 Å². The Morgan fingerprint density at radius 2 is 0.440 bits per heavy atom.